The number of rotatable bonds is 4. The van der Waals surface area contributed by atoms with Gasteiger partial charge in [-0.15, -0.1) is 10.2 Å². The maximum atomic E-state index is 11.4. The Morgan fingerprint density at radius 1 is 1.50 bits per heavy atom. The Balaban J connectivity index is 2.44. The summed E-state index contributed by atoms with van der Waals surface area (Å²) in [7, 11) is 1.66. The van der Waals surface area contributed by atoms with Crippen molar-refractivity contribution in [2.24, 2.45) is 0 Å². The van der Waals surface area contributed by atoms with Crippen molar-refractivity contribution in [1.82, 2.24) is 20.4 Å². The van der Waals surface area contributed by atoms with E-state index in [1.165, 1.54) is 4.90 Å². The molecule has 0 aliphatic heterocycles. The van der Waals surface area contributed by atoms with Crippen LogP contribution in [0, 0.1) is 0 Å². The van der Waals surface area contributed by atoms with E-state index in [9.17, 15) is 9.59 Å². The Morgan fingerprint density at radius 3 is 2.69 bits per heavy atom. The van der Waals surface area contributed by atoms with E-state index in [0.717, 1.165) is 11.3 Å². The number of carbonyl (C=O) groups is 2. The van der Waals surface area contributed by atoms with E-state index in [4.69, 9.17) is 11.6 Å². The third kappa shape index (κ3) is 3.42. The molecule has 0 saturated heterocycles. The number of halogens is 1. The average Bonchev–Trinajstić information content (AvgIpc) is 2.71. The standard InChI is InChI=1S/C8H11ClN4O2S/c1-3-13(2)5(14)4-10-6(15)7-11-12-8(9)16-7/h3-4H2,1-2H3,(H,10,15). The number of aromatic nitrogens is 2. The Kier molecular flexibility index (Phi) is 4.63. The number of nitrogens with one attached hydrogen (secondary N) is 1. The molecular weight excluding hydrogens is 252 g/mol. The fourth-order valence-corrected chi connectivity index (χ4v) is 1.58. The summed E-state index contributed by atoms with van der Waals surface area (Å²) < 4.78 is 0.196. The molecular formula is C8H11ClN4O2S. The van der Waals surface area contributed by atoms with Gasteiger partial charge in [-0.1, -0.05) is 11.3 Å². The van der Waals surface area contributed by atoms with Gasteiger partial charge in [0.25, 0.3) is 5.91 Å². The van der Waals surface area contributed by atoms with Gasteiger partial charge in [0.2, 0.25) is 15.4 Å². The van der Waals surface area contributed by atoms with Crippen molar-refractivity contribution in [2.45, 2.75) is 6.92 Å². The number of hydrogen-bond donors (Lipinski definition) is 1. The molecule has 0 aromatic carbocycles. The lowest BCUT2D eigenvalue weighted by Crippen LogP contribution is -2.37. The van der Waals surface area contributed by atoms with Crippen LogP contribution >= 0.6 is 22.9 Å². The monoisotopic (exact) mass is 262 g/mol. The predicted octanol–water partition coefficient (Wildman–Crippen LogP) is 0.400. The Labute approximate surface area is 102 Å². The van der Waals surface area contributed by atoms with Gasteiger partial charge in [-0.25, -0.2) is 0 Å². The SMILES string of the molecule is CCN(C)C(=O)CNC(=O)c1nnc(Cl)s1. The highest BCUT2D eigenvalue weighted by atomic mass is 35.5. The number of nitrogens with zero attached hydrogens (tertiary/aromatic N) is 3. The molecule has 0 aliphatic carbocycles. The summed E-state index contributed by atoms with van der Waals surface area (Å²) in [6.45, 7) is 2.39. The normalized spacial score (nSPS) is 9.94. The third-order valence-electron chi connectivity index (χ3n) is 1.89. The molecule has 0 spiro atoms. The topological polar surface area (TPSA) is 75.2 Å². The molecule has 1 aromatic heterocycles. The number of likely N-dealkylation sites (N-methyl/N-ethyl adjacent to an activating group) is 1. The van der Waals surface area contributed by atoms with Crippen molar-refractivity contribution in [3.63, 3.8) is 0 Å². The van der Waals surface area contributed by atoms with Gasteiger partial charge in [0.15, 0.2) is 0 Å². The predicted molar refractivity (Wildman–Crippen MR) is 60.6 cm³/mol. The molecule has 0 saturated carbocycles. The number of amides is 2. The Morgan fingerprint density at radius 2 is 2.19 bits per heavy atom. The highest BCUT2D eigenvalue weighted by Crippen LogP contribution is 2.14. The first-order chi connectivity index (χ1) is 7.54. The lowest BCUT2D eigenvalue weighted by molar-refractivity contribution is -0.128. The van der Waals surface area contributed by atoms with E-state index in [0.29, 0.717) is 6.54 Å². The number of hydrogen-bond acceptors (Lipinski definition) is 5. The summed E-state index contributed by atoms with van der Waals surface area (Å²) in [6.07, 6.45) is 0. The summed E-state index contributed by atoms with van der Waals surface area (Å²) in [5.41, 5.74) is 0. The van der Waals surface area contributed by atoms with Gasteiger partial charge in [0, 0.05) is 13.6 Å². The summed E-state index contributed by atoms with van der Waals surface area (Å²) >= 11 is 6.50. The third-order valence-corrected chi connectivity index (χ3v) is 2.91. The molecule has 0 atom stereocenters. The van der Waals surface area contributed by atoms with Crippen molar-refractivity contribution in [2.75, 3.05) is 20.1 Å². The van der Waals surface area contributed by atoms with Crippen LogP contribution in [0.5, 0.6) is 0 Å². The van der Waals surface area contributed by atoms with E-state index in [1.54, 1.807) is 7.05 Å². The lowest BCUT2D eigenvalue weighted by atomic mass is 10.5. The van der Waals surface area contributed by atoms with Gasteiger partial charge in [-0.3, -0.25) is 9.59 Å². The van der Waals surface area contributed by atoms with E-state index < -0.39 is 5.91 Å². The van der Waals surface area contributed by atoms with Gasteiger partial charge in [-0.05, 0) is 18.5 Å². The molecule has 88 valence electrons. The van der Waals surface area contributed by atoms with Gasteiger partial charge in [-0.2, -0.15) is 0 Å². The molecule has 0 fully saturated rings. The summed E-state index contributed by atoms with van der Waals surface area (Å²) in [6, 6.07) is 0. The van der Waals surface area contributed by atoms with Crippen LogP contribution in [0.15, 0.2) is 0 Å². The average molecular weight is 263 g/mol. The molecule has 1 heterocycles. The zero-order valence-electron chi connectivity index (χ0n) is 8.86. The second-order valence-electron chi connectivity index (χ2n) is 2.95. The van der Waals surface area contributed by atoms with Crippen molar-refractivity contribution in [1.29, 1.82) is 0 Å². The van der Waals surface area contributed by atoms with Crippen molar-refractivity contribution >= 4 is 34.8 Å². The van der Waals surface area contributed by atoms with Crippen molar-refractivity contribution < 1.29 is 9.59 Å². The zero-order chi connectivity index (χ0) is 12.1. The highest BCUT2D eigenvalue weighted by molar-refractivity contribution is 7.17. The smallest absolute Gasteiger partial charge is 0.282 e. The Bertz CT molecular complexity index is 395. The van der Waals surface area contributed by atoms with E-state index in [-0.39, 0.29) is 21.9 Å². The minimum Gasteiger partial charge on any atom is -0.345 e. The van der Waals surface area contributed by atoms with Crippen LogP contribution in [0.3, 0.4) is 0 Å². The fraction of sp³-hybridized carbons (Fsp3) is 0.500. The van der Waals surface area contributed by atoms with Gasteiger partial charge in [0.05, 0.1) is 6.54 Å². The largest absolute Gasteiger partial charge is 0.345 e. The molecule has 16 heavy (non-hydrogen) atoms. The molecule has 1 aromatic rings. The van der Waals surface area contributed by atoms with Gasteiger partial charge >= 0.3 is 0 Å². The van der Waals surface area contributed by atoms with Crippen molar-refractivity contribution in [3.05, 3.63) is 9.47 Å². The molecule has 1 rings (SSSR count). The first kappa shape index (κ1) is 12.9. The van der Waals surface area contributed by atoms with Crippen LogP contribution in [0.4, 0.5) is 0 Å². The van der Waals surface area contributed by atoms with Crippen LogP contribution in [-0.4, -0.2) is 47.0 Å². The minimum atomic E-state index is -0.442. The molecule has 0 radical (unpaired) electrons. The summed E-state index contributed by atoms with van der Waals surface area (Å²) in [4.78, 5) is 24.3. The Hall–Kier alpha value is -1.21. The first-order valence-corrected chi connectivity index (χ1v) is 5.75. The van der Waals surface area contributed by atoms with E-state index >= 15 is 0 Å². The van der Waals surface area contributed by atoms with Crippen LogP contribution < -0.4 is 5.32 Å². The first-order valence-electron chi connectivity index (χ1n) is 4.55. The second kappa shape index (κ2) is 5.76. The molecule has 0 aliphatic rings. The maximum Gasteiger partial charge on any atom is 0.282 e. The minimum absolute atomic E-state index is 0.0552. The molecule has 8 heteroatoms. The summed E-state index contributed by atoms with van der Waals surface area (Å²) in [5.74, 6) is -0.603. The quantitative estimate of drug-likeness (QED) is 0.852. The van der Waals surface area contributed by atoms with Crippen LogP contribution in [0.25, 0.3) is 0 Å². The van der Waals surface area contributed by atoms with Crippen LogP contribution in [0.1, 0.15) is 16.7 Å². The molecule has 1 N–H and O–H groups in total. The van der Waals surface area contributed by atoms with E-state index in [2.05, 4.69) is 15.5 Å². The second-order valence-corrected chi connectivity index (χ2v) is 4.51. The molecule has 0 bridgehead atoms. The summed E-state index contributed by atoms with van der Waals surface area (Å²) in [5, 5.41) is 9.65. The molecule has 2 amide bonds. The van der Waals surface area contributed by atoms with E-state index in [1.807, 2.05) is 6.92 Å². The van der Waals surface area contributed by atoms with Gasteiger partial charge < -0.3 is 10.2 Å². The lowest BCUT2D eigenvalue weighted by Gasteiger charge is -2.14. The molecule has 6 nitrogen and oxygen atoms in total. The fourth-order valence-electron chi connectivity index (χ4n) is 0.840. The zero-order valence-corrected chi connectivity index (χ0v) is 10.4. The highest BCUT2D eigenvalue weighted by Gasteiger charge is 2.14. The number of carbonyl (C=O) groups excluding carboxylic acids is 2. The van der Waals surface area contributed by atoms with Gasteiger partial charge in [0.1, 0.15) is 0 Å². The van der Waals surface area contributed by atoms with Crippen molar-refractivity contribution in [3.8, 4) is 0 Å². The van der Waals surface area contributed by atoms with Crippen LogP contribution in [-0.2, 0) is 4.79 Å². The molecule has 0 unspecified atom stereocenters. The van der Waals surface area contributed by atoms with Crippen LogP contribution in [0.2, 0.25) is 4.47 Å². The maximum absolute atomic E-state index is 11.4.